The van der Waals surface area contributed by atoms with E-state index in [4.69, 9.17) is 4.74 Å². The number of ketones is 1. The SMILES string of the molecule is CC(NC(=O)CN(C)C(=O)OC(C)(C)C)c1cc(F)c(C(=O)c2cccc3c(=O)[nH]ccc23)c(F)c1. The second-order valence-electron chi connectivity index (χ2n) is 9.39. The summed E-state index contributed by atoms with van der Waals surface area (Å²) in [6, 6.07) is 6.95. The second kappa shape index (κ2) is 10.3. The molecular weight excluding hydrogens is 472 g/mol. The number of likely N-dealkylation sites (N-methyl/N-ethyl adjacent to an activating group) is 1. The summed E-state index contributed by atoms with van der Waals surface area (Å²) in [5, 5.41) is 3.05. The van der Waals surface area contributed by atoms with Gasteiger partial charge in [-0.3, -0.25) is 14.4 Å². The quantitative estimate of drug-likeness (QED) is 0.497. The number of amides is 2. The van der Waals surface area contributed by atoms with Gasteiger partial charge >= 0.3 is 6.09 Å². The molecule has 0 saturated heterocycles. The van der Waals surface area contributed by atoms with Gasteiger partial charge in [-0.25, -0.2) is 13.6 Å². The molecule has 1 atom stereocenters. The highest BCUT2D eigenvalue weighted by Gasteiger charge is 2.25. The van der Waals surface area contributed by atoms with E-state index in [1.807, 2.05) is 0 Å². The lowest BCUT2D eigenvalue weighted by Crippen LogP contribution is -2.41. The molecule has 0 aliphatic heterocycles. The summed E-state index contributed by atoms with van der Waals surface area (Å²) < 4.78 is 35.2. The molecule has 0 aliphatic carbocycles. The normalized spacial score (nSPS) is 12.2. The number of nitrogens with one attached hydrogen (secondary N) is 2. The van der Waals surface area contributed by atoms with Crippen LogP contribution in [0.3, 0.4) is 0 Å². The van der Waals surface area contributed by atoms with Crippen molar-refractivity contribution in [2.24, 2.45) is 0 Å². The molecule has 3 rings (SSSR count). The van der Waals surface area contributed by atoms with E-state index in [0.717, 1.165) is 17.0 Å². The van der Waals surface area contributed by atoms with Crippen molar-refractivity contribution in [3.05, 3.63) is 81.3 Å². The fraction of sp³-hybridized carbons (Fsp3) is 0.308. The number of aromatic amines is 1. The van der Waals surface area contributed by atoms with Gasteiger partial charge in [-0.05, 0) is 62.9 Å². The molecule has 2 amide bonds. The van der Waals surface area contributed by atoms with Crippen molar-refractivity contribution < 1.29 is 27.9 Å². The number of fused-ring (bicyclic) bond motifs is 1. The van der Waals surface area contributed by atoms with Crippen LogP contribution in [0.4, 0.5) is 13.6 Å². The molecule has 1 unspecified atom stereocenters. The predicted octanol–water partition coefficient (Wildman–Crippen LogP) is 4.08. The molecule has 190 valence electrons. The van der Waals surface area contributed by atoms with Crippen molar-refractivity contribution in [2.45, 2.75) is 39.3 Å². The zero-order valence-electron chi connectivity index (χ0n) is 20.6. The Balaban J connectivity index is 1.79. The van der Waals surface area contributed by atoms with E-state index in [-0.39, 0.29) is 28.4 Å². The smallest absolute Gasteiger partial charge is 0.410 e. The number of aromatic nitrogens is 1. The van der Waals surface area contributed by atoms with Gasteiger partial charge in [0.15, 0.2) is 5.78 Å². The molecule has 2 N–H and O–H groups in total. The summed E-state index contributed by atoms with van der Waals surface area (Å²) in [5.74, 6) is -3.70. The molecule has 0 radical (unpaired) electrons. The molecule has 0 spiro atoms. The maximum Gasteiger partial charge on any atom is 0.410 e. The lowest BCUT2D eigenvalue weighted by atomic mass is 9.95. The van der Waals surface area contributed by atoms with Crippen LogP contribution in [0.2, 0.25) is 0 Å². The Morgan fingerprint density at radius 2 is 1.72 bits per heavy atom. The molecule has 3 aromatic rings. The van der Waals surface area contributed by atoms with Gasteiger partial charge in [0.25, 0.3) is 5.56 Å². The number of hydrogen-bond acceptors (Lipinski definition) is 5. The van der Waals surface area contributed by atoms with E-state index in [1.165, 1.54) is 44.4 Å². The molecular formula is C26H27F2N3O5. The predicted molar refractivity (Wildman–Crippen MR) is 130 cm³/mol. The standard InChI is InChI=1S/C26H27F2N3O5/c1-14(30-21(32)13-31(5)25(35)36-26(2,3)4)15-11-19(27)22(20(28)12-15)23(33)17-7-6-8-18-16(17)9-10-29-24(18)34/h6-12,14H,13H2,1-5H3,(H,29,34)(H,30,32). The second-order valence-corrected chi connectivity index (χ2v) is 9.39. The highest BCUT2D eigenvalue weighted by atomic mass is 19.1. The largest absolute Gasteiger partial charge is 0.444 e. The number of ether oxygens (including phenoxy) is 1. The molecule has 2 aromatic carbocycles. The number of carbonyl (C=O) groups is 3. The summed E-state index contributed by atoms with van der Waals surface area (Å²) in [4.78, 5) is 53.0. The third-order valence-corrected chi connectivity index (χ3v) is 5.31. The van der Waals surface area contributed by atoms with Crippen LogP contribution in [0.1, 0.15) is 55.2 Å². The van der Waals surface area contributed by atoms with Gasteiger partial charge in [-0.2, -0.15) is 0 Å². The average molecular weight is 500 g/mol. The fourth-order valence-electron chi connectivity index (χ4n) is 3.60. The monoisotopic (exact) mass is 499 g/mol. The van der Waals surface area contributed by atoms with Gasteiger partial charge in [-0.15, -0.1) is 0 Å². The Morgan fingerprint density at radius 1 is 1.08 bits per heavy atom. The first-order valence-electron chi connectivity index (χ1n) is 11.2. The zero-order valence-corrected chi connectivity index (χ0v) is 20.6. The first-order valence-corrected chi connectivity index (χ1v) is 11.2. The number of nitrogens with zero attached hydrogens (tertiary/aromatic N) is 1. The molecule has 36 heavy (non-hydrogen) atoms. The van der Waals surface area contributed by atoms with E-state index >= 15 is 0 Å². The minimum Gasteiger partial charge on any atom is -0.444 e. The Hall–Kier alpha value is -4.08. The summed E-state index contributed by atoms with van der Waals surface area (Å²) in [5.41, 5.74) is -1.86. The van der Waals surface area contributed by atoms with Crippen molar-refractivity contribution in [2.75, 3.05) is 13.6 Å². The summed E-state index contributed by atoms with van der Waals surface area (Å²) in [6.45, 7) is 6.26. The van der Waals surface area contributed by atoms with Gasteiger partial charge in [0.05, 0.1) is 11.6 Å². The van der Waals surface area contributed by atoms with Crippen LogP contribution in [0, 0.1) is 11.6 Å². The summed E-state index contributed by atoms with van der Waals surface area (Å²) in [7, 11) is 1.39. The van der Waals surface area contributed by atoms with Crippen LogP contribution in [-0.4, -0.2) is 46.9 Å². The molecule has 1 heterocycles. The maximum atomic E-state index is 15.0. The van der Waals surface area contributed by atoms with E-state index in [9.17, 15) is 28.0 Å². The van der Waals surface area contributed by atoms with Crippen LogP contribution in [0.5, 0.6) is 0 Å². The molecule has 0 fully saturated rings. The lowest BCUT2D eigenvalue weighted by Gasteiger charge is -2.25. The third-order valence-electron chi connectivity index (χ3n) is 5.31. The van der Waals surface area contributed by atoms with E-state index < -0.39 is 52.2 Å². The minimum atomic E-state index is -1.11. The molecule has 0 aliphatic rings. The van der Waals surface area contributed by atoms with Crippen LogP contribution in [0.15, 0.2) is 47.4 Å². The Morgan fingerprint density at radius 3 is 2.33 bits per heavy atom. The number of H-pyrrole nitrogens is 1. The number of benzene rings is 2. The van der Waals surface area contributed by atoms with Crippen LogP contribution in [-0.2, 0) is 9.53 Å². The highest BCUT2D eigenvalue weighted by molar-refractivity contribution is 6.16. The Kier molecular flexibility index (Phi) is 7.57. The van der Waals surface area contributed by atoms with Crippen molar-refractivity contribution in [3.63, 3.8) is 0 Å². The number of carbonyl (C=O) groups excluding carboxylic acids is 3. The molecule has 0 saturated carbocycles. The Labute approximate surface area is 206 Å². The molecule has 8 nitrogen and oxygen atoms in total. The zero-order chi connectivity index (χ0) is 26.8. The number of rotatable bonds is 6. The minimum absolute atomic E-state index is 0.0179. The van der Waals surface area contributed by atoms with Crippen LogP contribution in [0.25, 0.3) is 10.8 Å². The van der Waals surface area contributed by atoms with E-state index in [1.54, 1.807) is 20.8 Å². The first-order chi connectivity index (χ1) is 16.8. The van der Waals surface area contributed by atoms with Gasteiger partial charge in [-0.1, -0.05) is 12.1 Å². The number of hydrogen-bond donors (Lipinski definition) is 2. The van der Waals surface area contributed by atoms with Crippen molar-refractivity contribution in [3.8, 4) is 0 Å². The van der Waals surface area contributed by atoms with Gasteiger partial charge < -0.3 is 19.9 Å². The van der Waals surface area contributed by atoms with Gasteiger partial charge in [0.2, 0.25) is 5.91 Å². The van der Waals surface area contributed by atoms with Crippen LogP contribution < -0.4 is 10.9 Å². The summed E-state index contributed by atoms with van der Waals surface area (Å²) in [6.07, 6.45) is 0.655. The maximum absolute atomic E-state index is 15.0. The lowest BCUT2D eigenvalue weighted by molar-refractivity contribution is -0.122. The average Bonchev–Trinajstić information content (AvgIpc) is 2.77. The highest BCUT2D eigenvalue weighted by Crippen LogP contribution is 2.25. The summed E-state index contributed by atoms with van der Waals surface area (Å²) >= 11 is 0. The molecule has 10 heteroatoms. The fourth-order valence-corrected chi connectivity index (χ4v) is 3.60. The van der Waals surface area contributed by atoms with Crippen LogP contribution >= 0.6 is 0 Å². The van der Waals surface area contributed by atoms with Crippen molar-refractivity contribution in [1.29, 1.82) is 0 Å². The third kappa shape index (κ3) is 5.94. The topological polar surface area (TPSA) is 109 Å². The van der Waals surface area contributed by atoms with E-state index in [0.29, 0.717) is 0 Å². The molecule has 0 bridgehead atoms. The van der Waals surface area contributed by atoms with Gasteiger partial charge in [0, 0.05) is 24.2 Å². The Bertz CT molecular complexity index is 1370. The van der Waals surface area contributed by atoms with E-state index in [2.05, 4.69) is 10.3 Å². The van der Waals surface area contributed by atoms with Gasteiger partial charge in [0.1, 0.15) is 23.8 Å². The number of pyridine rings is 1. The first kappa shape index (κ1) is 26.5. The van der Waals surface area contributed by atoms with Crippen molar-refractivity contribution in [1.82, 2.24) is 15.2 Å². The number of halogens is 2. The van der Waals surface area contributed by atoms with Crippen molar-refractivity contribution >= 4 is 28.6 Å². The molecule has 1 aromatic heterocycles.